The van der Waals surface area contributed by atoms with Crippen LogP contribution in [0, 0.1) is 0 Å². The normalized spacial score (nSPS) is 12.5. The summed E-state index contributed by atoms with van der Waals surface area (Å²) in [4.78, 5) is 12.2. The van der Waals surface area contributed by atoms with Crippen LogP contribution in [0.1, 0.15) is 10.9 Å². The molecule has 0 unspecified atom stereocenters. The first-order valence-electron chi connectivity index (χ1n) is 4.65. The maximum absolute atomic E-state index is 11.1. The van der Waals surface area contributed by atoms with Crippen LogP contribution >= 0.6 is 11.3 Å². The van der Waals surface area contributed by atoms with Crippen molar-refractivity contribution in [3.63, 3.8) is 0 Å². The predicted molar refractivity (Wildman–Crippen MR) is 59.1 cm³/mol. The van der Waals surface area contributed by atoms with E-state index in [9.17, 15) is 4.79 Å². The van der Waals surface area contributed by atoms with Crippen LogP contribution in [-0.4, -0.2) is 15.6 Å². The highest BCUT2D eigenvalue weighted by molar-refractivity contribution is 7.09. The number of carboxylic acids is 1. The summed E-state index contributed by atoms with van der Waals surface area (Å²) in [6, 6.07) is 7.08. The first-order valence-corrected chi connectivity index (χ1v) is 5.53. The fraction of sp³-hybridized carbons (Fsp3) is 0.182. The molecule has 0 aromatic carbocycles. The molecule has 3 nitrogen and oxygen atoms in total. The van der Waals surface area contributed by atoms with Crippen molar-refractivity contribution in [1.29, 1.82) is 0 Å². The molecular formula is C11H11NO2S. The van der Waals surface area contributed by atoms with E-state index in [1.54, 1.807) is 28.3 Å². The molecule has 0 bridgehead atoms. The summed E-state index contributed by atoms with van der Waals surface area (Å²) in [5.74, 6) is -0.792. The van der Waals surface area contributed by atoms with E-state index < -0.39 is 12.0 Å². The molecule has 2 aromatic rings. The smallest absolute Gasteiger partial charge is 0.327 e. The van der Waals surface area contributed by atoms with Crippen molar-refractivity contribution in [3.05, 3.63) is 46.9 Å². The lowest BCUT2D eigenvalue weighted by Crippen LogP contribution is -2.19. The van der Waals surface area contributed by atoms with Gasteiger partial charge in [-0.05, 0) is 23.6 Å². The van der Waals surface area contributed by atoms with Gasteiger partial charge in [0.15, 0.2) is 0 Å². The molecule has 2 aromatic heterocycles. The molecule has 15 heavy (non-hydrogen) atoms. The number of carboxylic acid groups (broad SMARTS) is 1. The van der Waals surface area contributed by atoms with E-state index in [-0.39, 0.29) is 0 Å². The van der Waals surface area contributed by atoms with E-state index in [1.165, 1.54) is 0 Å². The van der Waals surface area contributed by atoms with Gasteiger partial charge in [-0.25, -0.2) is 4.79 Å². The number of rotatable bonds is 4. The van der Waals surface area contributed by atoms with Crippen molar-refractivity contribution >= 4 is 17.3 Å². The molecule has 1 N–H and O–H groups in total. The Morgan fingerprint density at radius 2 is 2.13 bits per heavy atom. The molecule has 0 saturated carbocycles. The average molecular weight is 221 g/mol. The summed E-state index contributed by atoms with van der Waals surface area (Å²) in [6.45, 7) is 0. The van der Waals surface area contributed by atoms with Gasteiger partial charge in [-0.3, -0.25) is 0 Å². The van der Waals surface area contributed by atoms with E-state index in [0.717, 1.165) is 4.88 Å². The van der Waals surface area contributed by atoms with Crippen molar-refractivity contribution in [2.45, 2.75) is 12.5 Å². The number of aromatic nitrogens is 1. The van der Waals surface area contributed by atoms with Crippen LogP contribution in [0.3, 0.4) is 0 Å². The third-order valence-electron chi connectivity index (χ3n) is 2.25. The van der Waals surface area contributed by atoms with Crippen LogP contribution in [0.2, 0.25) is 0 Å². The Balaban J connectivity index is 2.18. The summed E-state index contributed by atoms with van der Waals surface area (Å²) in [5, 5.41) is 11.1. The summed E-state index contributed by atoms with van der Waals surface area (Å²) < 4.78 is 1.72. The maximum atomic E-state index is 11.1. The van der Waals surface area contributed by atoms with Gasteiger partial charge in [0.1, 0.15) is 6.04 Å². The van der Waals surface area contributed by atoms with E-state index in [4.69, 9.17) is 5.11 Å². The molecule has 0 fully saturated rings. The lowest BCUT2D eigenvalue weighted by Gasteiger charge is -2.12. The van der Waals surface area contributed by atoms with Crippen molar-refractivity contribution in [2.24, 2.45) is 0 Å². The number of aliphatic carboxylic acids is 1. The molecular weight excluding hydrogens is 210 g/mol. The molecule has 0 spiro atoms. The van der Waals surface area contributed by atoms with Gasteiger partial charge in [-0.1, -0.05) is 6.07 Å². The Hall–Kier alpha value is -1.55. The third-order valence-corrected chi connectivity index (χ3v) is 3.15. The van der Waals surface area contributed by atoms with Crippen LogP contribution in [0.5, 0.6) is 0 Å². The second-order valence-electron chi connectivity index (χ2n) is 3.27. The molecule has 1 atom stereocenters. The minimum Gasteiger partial charge on any atom is -0.480 e. The second-order valence-corrected chi connectivity index (χ2v) is 4.30. The number of thiophene rings is 1. The minimum absolute atomic E-state index is 0.501. The predicted octanol–water partition coefficient (Wildman–Crippen LogP) is 2.42. The highest BCUT2D eigenvalue weighted by Gasteiger charge is 2.19. The molecule has 0 saturated heterocycles. The first kappa shape index (κ1) is 9.98. The Bertz CT molecular complexity index is 419. The standard InChI is InChI=1S/C11H11NO2S/c13-11(14)10(12-5-1-2-6-12)8-9-4-3-7-15-9/h1-7,10H,8H2,(H,13,14)/t10-/m0/s1. The minimum atomic E-state index is -0.792. The number of carbonyl (C=O) groups is 1. The fourth-order valence-electron chi connectivity index (χ4n) is 1.50. The molecule has 0 radical (unpaired) electrons. The van der Waals surface area contributed by atoms with E-state index in [2.05, 4.69) is 0 Å². The lowest BCUT2D eigenvalue weighted by atomic mass is 10.2. The fourth-order valence-corrected chi connectivity index (χ4v) is 2.24. The van der Waals surface area contributed by atoms with Gasteiger partial charge < -0.3 is 9.67 Å². The zero-order valence-corrected chi connectivity index (χ0v) is 8.85. The van der Waals surface area contributed by atoms with Gasteiger partial charge in [0.25, 0.3) is 0 Å². The Morgan fingerprint density at radius 3 is 2.67 bits per heavy atom. The summed E-state index contributed by atoms with van der Waals surface area (Å²) in [5.41, 5.74) is 0. The molecule has 0 aliphatic heterocycles. The number of nitrogens with zero attached hydrogens (tertiary/aromatic N) is 1. The Labute approximate surface area is 91.6 Å². The van der Waals surface area contributed by atoms with Crippen molar-refractivity contribution in [3.8, 4) is 0 Å². The van der Waals surface area contributed by atoms with Crippen LogP contribution in [0.4, 0.5) is 0 Å². The van der Waals surface area contributed by atoms with Crippen LogP contribution in [-0.2, 0) is 11.2 Å². The number of hydrogen-bond donors (Lipinski definition) is 1. The van der Waals surface area contributed by atoms with Gasteiger partial charge in [0, 0.05) is 23.7 Å². The molecule has 78 valence electrons. The third kappa shape index (κ3) is 2.27. The zero-order chi connectivity index (χ0) is 10.7. The highest BCUT2D eigenvalue weighted by atomic mass is 32.1. The molecule has 0 aliphatic carbocycles. The second kappa shape index (κ2) is 4.31. The first-order chi connectivity index (χ1) is 7.27. The molecule has 0 aliphatic rings. The van der Waals surface area contributed by atoms with Gasteiger partial charge in [0.05, 0.1) is 0 Å². The van der Waals surface area contributed by atoms with Gasteiger partial charge in [-0.2, -0.15) is 0 Å². The van der Waals surface area contributed by atoms with E-state index in [1.807, 2.05) is 29.6 Å². The number of hydrogen-bond acceptors (Lipinski definition) is 2. The summed E-state index contributed by atoms with van der Waals surface area (Å²) >= 11 is 1.59. The Kier molecular flexibility index (Phi) is 2.87. The van der Waals surface area contributed by atoms with Crippen molar-refractivity contribution in [1.82, 2.24) is 4.57 Å². The molecule has 4 heteroatoms. The summed E-state index contributed by atoms with van der Waals surface area (Å²) in [6.07, 6.45) is 4.11. The van der Waals surface area contributed by atoms with Gasteiger partial charge >= 0.3 is 5.97 Å². The van der Waals surface area contributed by atoms with E-state index >= 15 is 0 Å². The quantitative estimate of drug-likeness (QED) is 0.861. The monoisotopic (exact) mass is 221 g/mol. The van der Waals surface area contributed by atoms with Crippen LogP contribution in [0.25, 0.3) is 0 Å². The largest absolute Gasteiger partial charge is 0.480 e. The van der Waals surface area contributed by atoms with Crippen molar-refractivity contribution in [2.75, 3.05) is 0 Å². The maximum Gasteiger partial charge on any atom is 0.327 e. The van der Waals surface area contributed by atoms with Gasteiger partial charge in [0.2, 0.25) is 0 Å². The van der Waals surface area contributed by atoms with Crippen molar-refractivity contribution < 1.29 is 9.90 Å². The van der Waals surface area contributed by atoms with E-state index in [0.29, 0.717) is 6.42 Å². The molecule has 2 rings (SSSR count). The molecule has 0 amide bonds. The average Bonchev–Trinajstić information content (AvgIpc) is 2.87. The SMILES string of the molecule is O=C(O)[C@H](Cc1cccs1)n1cccc1. The summed E-state index contributed by atoms with van der Waals surface area (Å²) in [7, 11) is 0. The van der Waals surface area contributed by atoms with Gasteiger partial charge in [-0.15, -0.1) is 11.3 Å². The molecule has 2 heterocycles. The zero-order valence-electron chi connectivity index (χ0n) is 8.04. The Morgan fingerprint density at radius 1 is 1.40 bits per heavy atom. The highest BCUT2D eigenvalue weighted by Crippen LogP contribution is 2.18. The van der Waals surface area contributed by atoms with Crippen LogP contribution < -0.4 is 0 Å². The lowest BCUT2D eigenvalue weighted by molar-refractivity contribution is -0.140. The van der Waals surface area contributed by atoms with Crippen LogP contribution in [0.15, 0.2) is 42.0 Å². The topological polar surface area (TPSA) is 42.2 Å².